The molecule has 0 spiro atoms. The third kappa shape index (κ3) is 1.50. The molecule has 1 aliphatic rings. The maximum Gasteiger partial charge on any atom is 0.239 e. The Labute approximate surface area is 94.9 Å². The topological polar surface area (TPSA) is 37.4 Å². The Morgan fingerprint density at radius 3 is 2.56 bits per heavy atom. The first kappa shape index (κ1) is 11.4. The zero-order chi connectivity index (χ0) is 12.1. The number of rotatable bonds is 1. The standard InChI is InChI=1S/C11H14FNO2S/c1-7(2)8-4-5-10-9(11(8)12)6-16(14,15)13(10)3/h4-5,7H,6H2,1-3H3. The molecular formula is C11H14FNO2S. The Hall–Kier alpha value is -1.10. The predicted octanol–water partition coefficient (Wildman–Crippen LogP) is 2.23. The van der Waals surface area contributed by atoms with Gasteiger partial charge in [0.15, 0.2) is 0 Å². The van der Waals surface area contributed by atoms with Gasteiger partial charge in [-0.25, -0.2) is 12.8 Å². The van der Waals surface area contributed by atoms with Gasteiger partial charge in [0.25, 0.3) is 0 Å². The van der Waals surface area contributed by atoms with E-state index in [2.05, 4.69) is 0 Å². The molecule has 0 fully saturated rings. The maximum atomic E-state index is 14.1. The molecule has 88 valence electrons. The van der Waals surface area contributed by atoms with Crippen LogP contribution in [0.5, 0.6) is 0 Å². The third-order valence-electron chi connectivity index (χ3n) is 2.95. The summed E-state index contributed by atoms with van der Waals surface area (Å²) >= 11 is 0. The van der Waals surface area contributed by atoms with Gasteiger partial charge < -0.3 is 0 Å². The molecule has 1 aromatic carbocycles. The minimum atomic E-state index is -3.36. The number of hydrogen-bond acceptors (Lipinski definition) is 2. The van der Waals surface area contributed by atoms with Crippen LogP contribution >= 0.6 is 0 Å². The third-order valence-corrected chi connectivity index (χ3v) is 4.64. The molecule has 0 N–H and O–H groups in total. The van der Waals surface area contributed by atoms with Crippen LogP contribution in [-0.2, 0) is 15.8 Å². The number of benzene rings is 1. The van der Waals surface area contributed by atoms with Gasteiger partial charge in [-0.05, 0) is 17.5 Å². The normalized spacial score (nSPS) is 17.9. The fourth-order valence-electron chi connectivity index (χ4n) is 1.94. The quantitative estimate of drug-likeness (QED) is 0.758. The van der Waals surface area contributed by atoms with Crippen LogP contribution in [0.2, 0.25) is 0 Å². The van der Waals surface area contributed by atoms with E-state index in [4.69, 9.17) is 0 Å². The highest BCUT2D eigenvalue weighted by molar-refractivity contribution is 7.92. The lowest BCUT2D eigenvalue weighted by Crippen LogP contribution is -2.20. The second kappa shape index (κ2) is 3.45. The van der Waals surface area contributed by atoms with Gasteiger partial charge in [-0.2, -0.15) is 0 Å². The zero-order valence-corrected chi connectivity index (χ0v) is 10.3. The van der Waals surface area contributed by atoms with Gasteiger partial charge in [-0.3, -0.25) is 4.31 Å². The lowest BCUT2D eigenvalue weighted by molar-refractivity contribution is 0.582. The fraction of sp³-hybridized carbons (Fsp3) is 0.455. The second-order valence-corrected chi connectivity index (χ2v) is 6.35. The fourth-order valence-corrected chi connectivity index (χ4v) is 3.24. The summed E-state index contributed by atoms with van der Waals surface area (Å²) in [5.41, 5.74) is 1.33. The lowest BCUT2D eigenvalue weighted by atomic mass is 9.99. The maximum absolute atomic E-state index is 14.1. The minimum absolute atomic E-state index is 0.0545. The molecule has 16 heavy (non-hydrogen) atoms. The van der Waals surface area contributed by atoms with Crippen molar-refractivity contribution < 1.29 is 12.8 Å². The van der Waals surface area contributed by atoms with Gasteiger partial charge in [-0.15, -0.1) is 0 Å². The first-order chi connectivity index (χ1) is 7.34. The predicted molar refractivity (Wildman–Crippen MR) is 61.5 cm³/mol. The first-order valence-electron chi connectivity index (χ1n) is 5.12. The first-order valence-corrected chi connectivity index (χ1v) is 6.73. The minimum Gasteiger partial charge on any atom is -0.273 e. The Bertz CT molecular complexity index is 537. The summed E-state index contributed by atoms with van der Waals surface area (Å²) in [5.74, 6) is -0.551. The Morgan fingerprint density at radius 1 is 1.38 bits per heavy atom. The van der Waals surface area contributed by atoms with Crippen LogP contribution in [0.3, 0.4) is 0 Å². The van der Waals surface area contributed by atoms with E-state index in [0.717, 1.165) is 4.31 Å². The molecule has 0 saturated carbocycles. The Kier molecular flexibility index (Phi) is 2.45. The van der Waals surface area contributed by atoms with Crippen molar-refractivity contribution in [3.05, 3.63) is 29.1 Å². The van der Waals surface area contributed by atoms with E-state index < -0.39 is 10.0 Å². The molecule has 0 atom stereocenters. The summed E-state index contributed by atoms with van der Waals surface area (Å²) in [6, 6.07) is 3.34. The summed E-state index contributed by atoms with van der Waals surface area (Å²) in [4.78, 5) is 0. The SMILES string of the molecule is CC(C)c1ccc2c(c1F)CS(=O)(=O)N2C. The average Bonchev–Trinajstić information content (AvgIpc) is 2.40. The molecule has 0 saturated heterocycles. The summed E-state index contributed by atoms with van der Waals surface area (Å²) in [6.07, 6.45) is 0. The molecule has 0 radical (unpaired) electrons. The highest BCUT2D eigenvalue weighted by atomic mass is 32.2. The summed E-state index contributed by atoms with van der Waals surface area (Å²) in [5, 5.41) is 0. The molecule has 3 nitrogen and oxygen atoms in total. The van der Waals surface area contributed by atoms with Crippen LogP contribution in [0.15, 0.2) is 12.1 Å². The number of nitrogens with zero attached hydrogens (tertiary/aromatic N) is 1. The van der Waals surface area contributed by atoms with Crippen molar-refractivity contribution in [1.29, 1.82) is 0 Å². The molecule has 0 unspecified atom stereocenters. The second-order valence-electron chi connectivity index (χ2n) is 4.34. The highest BCUT2D eigenvalue weighted by Crippen LogP contribution is 2.36. The lowest BCUT2D eigenvalue weighted by Gasteiger charge is -2.13. The van der Waals surface area contributed by atoms with Gasteiger partial charge in [0.2, 0.25) is 10.0 Å². The molecule has 5 heteroatoms. The van der Waals surface area contributed by atoms with Gasteiger partial charge in [0.05, 0.1) is 11.4 Å². The van der Waals surface area contributed by atoms with E-state index in [0.29, 0.717) is 16.8 Å². The monoisotopic (exact) mass is 243 g/mol. The number of sulfonamides is 1. The van der Waals surface area contributed by atoms with Gasteiger partial charge in [-0.1, -0.05) is 19.9 Å². The molecule has 0 bridgehead atoms. The molecule has 0 aliphatic carbocycles. The molecular weight excluding hydrogens is 229 g/mol. The van der Waals surface area contributed by atoms with E-state index in [1.54, 1.807) is 12.1 Å². The van der Waals surface area contributed by atoms with Gasteiger partial charge >= 0.3 is 0 Å². The molecule has 0 amide bonds. The van der Waals surface area contributed by atoms with Crippen molar-refractivity contribution in [2.24, 2.45) is 0 Å². The van der Waals surface area contributed by atoms with Gasteiger partial charge in [0, 0.05) is 12.6 Å². The van der Waals surface area contributed by atoms with Crippen molar-refractivity contribution in [2.45, 2.75) is 25.5 Å². The zero-order valence-electron chi connectivity index (χ0n) is 9.49. The van der Waals surface area contributed by atoms with Crippen molar-refractivity contribution >= 4 is 15.7 Å². The summed E-state index contributed by atoms with van der Waals surface area (Å²) < 4.78 is 38.4. The van der Waals surface area contributed by atoms with Crippen molar-refractivity contribution in [1.82, 2.24) is 0 Å². The number of halogens is 1. The van der Waals surface area contributed by atoms with E-state index in [1.807, 2.05) is 13.8 Å². The highest BCUT2D eigenvalue weighted by Gasteiger charge is 2.33. The Morgan fingerprint density at radius 2 is 2.00 bits per heavy atom. The van der Waals surface area contributed by atoms with Crippen molar-refractivity contribution in [3.63, 3.8) is 0 Å². The van der Waals surface area contributed by atoms with Crippen LogP contribution in [0.25, 0.3) is 0 Å². The molecule has 0 aromatic heterocycles. The average molecular weight is 243 g/mol. The van der Waals surface area contributed by atoms with E-state index in [-0.39, 0.29) is 17.5 Å². The van der Waals surface area contributed by atoms with Crippen LogP contribution in [0.4, 0.5) is 10.1 Å². The number of anilines is 1. The van der Waals surface area contributed by atoms with Crippen LogP contribution in [-0.4, -0.2) is 15.5 Å². The smallest absolute Gasteiger partial charge is 0.239 e. The number of hydrogen-bond donors (Lipinski definition) is 0. The van der Waals surface area contributed by atoms with Crippen LogP contribution in [0, 0.1) is 5.82 Å². The molecule has 2 rings (SSSR count). The molecule has 1 aliphatic heterocycles. The van der Waals surface area contributed by atoms with Crippen molar-refractivity contribution in [3.8, 4) is 0 Å². The molecule has 1 heterocycles. The van der Waals surface area contributed by atoms with Gasteiger partial charge in [0.1, 0.15) is 5.82 Å². The van der Waals surface area contributed by atoms with Crippen LogP contribution in [0.1, 0.15) is 30.9 Å². The van der Waals surface area contributed by atoms with Crippen LogP contribution < -0.4 is 4.31 Å². The number of fused-ring (bicyclic) bond motifs is 1. The largest absolute Gasteiger partial charge is 0.273 e. The van der Waals surface area contributed by atoms with E-state index in [1.165, 1.54) is 7.05 Å². The summed E-state index contributed by atoms with van der Waals surface area (Å²) in [7, 11) is -1.90. The summed E-state index contributed by atoms with van der Waals surface area (Å²) in [6.45, 7) is 3.77. The van der Waals surface area contributed by atoms with Crippen molar-refractivity contribution in [2.75, 3.05) is 11.4 Å². The van der Waals surface area contributed by atoms with E-state index >= 15 is 0 Å². The van der Waals surface area contributed by atoms with E-state index in [9.17, 15) is 12.8 Å². The molecule has 1 aromatic rings. The Balaban J connectivity index is 2.64.